The third kappa shape index (κ3) is 4.18. The van der Waals surface area contributed by atoms with Gasteiger partial charge >= 0.3 is 0 Å². The molecule has 0 spiro atoms. The summed E-state index contributed by atoms with van der Waals surface area (Å²) in [6, 6.07) is 16.9. The molecule has 0 aliphatic rings. The van der Waals surface area contributed by atoms with Crippen molar-refractivity contribution in [2.45, 2.75) is 12.8 Å². The van der Waals surface area contributed by atoms with E-state index in [1.165, 1.54) is 0 Å². The minimum absolute atomic E-state index is 0.141. The van der Waals surface area contributed by atoms with Gasteiger partial charge in [-0.25, -0.2) is 5.43 Å². The second-order valence-corrected chi connectivity index (χ2v) is 4.65. The highest BCUT2D eigenvalue weighted by Gasteiger charge is 2.05. The number of hydrazone groups is 1. The highest BCUT2D eigenvalue weighted by molar-refractivity contribution is 5.94. The number of hydrogen-bond acceptors (Lipinski definition) is 3. The molecule has 21 heavy (non-hydrogen) atoms. The monoisotopic (exact) mass is 282 g/mol. The van der Waals surface area contributed by atoms with Crippen molar-refractivity contribution in [1.82, 2.24) is 5.43 Å². The second-order valence-electron chi connectivity index (χ2n) is 4.65. The number of amides is 1. The van der Waals surface area contributed by atoms with Gasteiger partial charge in [0.05, 0.1) is 7.11 Å². The van der Waals surface area contributed by atoms with Crippen molar-refractivity contribution in [3.63, 3.8) is 0 Å². The molecule has 1 N–H and O–H groups in total. The first kappa shape index (κ1) is 14.8. The average molecular weight is 282 g/mol. The fraction of sp³-hybridized carbons (Fsp3) is 0.176. The van der Waals surface area contributed by atoms with Crippen molar-refractivity contribution in [2.75, 3.05) is 7.11 Å². The first-order valence-corrected chi connectivity index (χ1v) is 6.73. The van der Waals surface area contributed by atoms with Crippen molar-refractivity contribution >= 4 is 12.1 Å². The minimum atomic E-state index is -0.242. The Morgan fingerprint density at radius 1 is 1.14 bits per heavy atom. The van der Waals surface area contributed by atoms with Crippen molar-refractivity contribution in [3.8, 4) is 5.75 Å². The Bertz CT molecular complexity index is 606. The summed E-state index contributed by atoms with van der Waals surface area (Å²) in [5, 5.41) is 4.01. The van der Waals surface area contributed by atoms with Gasteiger partial charge in [-0.05, 0) is 29.8 Å². The SMILES string of the molecule is COc1ccc(C(=O)NN=CC(C)c2ccccc2)cc1. The van der Waals surface area contributed by atoms with Crippen LogP contribution in [0.4, 0.5) is 0 Å². The van der Waals surface area contributed by atoms with Crippen LogP contribution in [0.3, 0.4) is 0 Å². The maximum Gasteiger partial charge on any atom is 0.271 e. The van der Waals surface area contributed by atoms with E-state index in [0.717, 1.165) is 5.56 Å². The van der Waals surface area contributed by atoms with Gasteiger partial charge < -0.3 is 4.74 Å². The van der Waals surface area contributed by atoms with Crippen LogP contribution in [0, 0.1) is 0 Å². The van der Waals surface area contributed by atoms with Crippen LogP contribution in [0.15, 0.2) is 59.7 Å². The Morgan fingerprint density at radius 2 is 1.81 bits per heavy atom. The van der Waals surface area contributed by atoms with Gasteiger partial charge in [0.2, 0.25) is 0 Å². The Balaban J connectivity index is 1.92. The largest absolute Gasteiger partial charge is 0.497 e. The third-order valence-electron chi connectivity index (χ3n) is 3.14. The van der Waals surface area contributed by atoms with Crippen LogP contribution in [0.2, 0.25) is 0 Å². The summed E-state index contributed by atoms with van der Waals surface area (Å²) in [6.45, 7) is 2.03. The van der Waals surface area contributed by atoms with Gasteiger partial charge in [0.1, 0.15) is 5.75 Å². The van der Waals surface area contributed by atoms with E-state index in [-0.39, 0.29) is 11.8 Å². The van der Waals surface area contributed by atoms with Gasteiger partial charge in [-0.2, -0.15) is 5.10 Å². The molecule has 0 bridgehead atoms. The molecule has 0 saturated heterocycles. The lowest BCUT2D eigenvalue weighted by molar-refractivity contribution is 0.0955. The molecule has 2 aromatic rings. The zero-order valence-corrected chi connectivity index (χ0v) is 12.1. The Morgan fingerprint density at radius 3 is 2.43 bits per heavy atom. The molecule has 0 radical (unpaired) electrons. The van der Waals surface area contributed by atoms with Crippen molar-refractivity contribution < 1.29 is 9.53 Å². The van der Waals surface area contributed by atoms with E-state index in [1.54, 1.807) is 37.6 Å². The van der Waals surface area contributed by atoms with Crippen LogP contribution >= 0.6 is 0 Å². The quantitative estimate of drug-likeness (QED) is 0.676. The number of ether oxygens (including phenoxy) is 1. The fourth-order valence-electron chi connectivity index (χ4n) is 1.86. The zero-order valence-electron chi connectivity index (χ0n) is 12.1. The molecule has 0 saturated carbocycles. The van der Waals surface area contributed by atoms with E-state index >= 15 is 0 Å². The van der Waals surface area contributed by atoms with Gasteiger partial charge in [0.15, 0.2) is 0 Å². The first-order valence-electron chi connectivity index (χ1n) is 6.73. The molecular weight excluding hydrogens is 264 g/mol. The second kappa shape index (κ2) is 7.24. The van der Waals surface area contributed by atoms with Gasteiger partial charge in [-0.15, -0.1) is 0 Å². The number of carbonyl (C=O) groups excluding carboxylic acids is 1. The number of rotatable bonds is 5. The average Bonchev–Trinajstić information content (AvgIpc) is 2.55. The number of hydrogen-bond donors (Lipinski definition) is 1. The van der Waals surface area contributed by atoms with Crippen molar-refractivity contribution in [2.24, 2.45) is 5.10 Å². The van der Waals surface area contributed by atoms with E-state index < -0.39 is 0 Å². The molecule has 0 aliphatic heterocycles. The third-order valence-corrected chi connectivity index (χ3v) is 3.14. The molecule has 2 rings (SSSR count). The number of nitrogens with zero attached hydrogens (tertiary/aromatic N) is 1. The summed E-state index contributed by atoms with van der Waals surface area (Å²) >= 11 is 0. The Kier molecular flexibility index (Phi) is 5.10. The lowest BCUT2D eigenvalue weighted by Gasteiger charge is -2.05. The highest BCUT2D eigenvalue weighted by atomic mass is 16.5. The van der Waals surface area contributed by atoms with Gasteiger partial charge in [0.25, 0.3) is 5.91 Å². The molecule has 0 aromatic heterocycles. The number of methoxy groups -OCH3 is 1. The molecule has 1 unspecified atom stereocenters. The summed E-state index contributed by atoms with van der Waals surface area (Å²) in [4.78, 5) is 11.9. The minimum Gasteiger partial charge on any atom is -0.497 e. The Hall–Kier alpha value is -2.62. The van der Waals surface area contributed by atoms with E-state index in [9.17, 15) is 4.79 Å². The smallest absolute Gasteiger partial charge is 0.271 e. The van der Waals surface area contributed by atoms with Crippen LogP contribution in [0.1, 0.15) is 28.8 Å². The van der Waals surface area contributed by atoms with E-state index in [4.69, 9.17) is 4.74 Å². The molecule has 0 aliphatic carbocycles. The zero-order chi connectivity index (χ0) is 15.1. The summed E-state index contributed by atoms with van der Waals surface area (Å²) in [6.07, 6.45) is 1.72. The highest BCUT2D eigenvalue weighted by Crippen LogP contribution is 2.12. The normalized spacial score (nSPS) is 12.1. The number of benzene rings is 2. The summed E-state index contributed by atoms with van der Waals surface area (Å²) < 4.78 is 5.05. The predicted octanol–water partition coefficient (Wildman–Crippen LogP) is 3.21. The molecule has 0 heterocycles. The molecule has 0 fully saturated rings. The van der Waals surface area contributed by atoms with Crippen LogP contribution in [-0.2, 0) is 0 Å². The fourth-order valence-corrected chi connectivity index (χ4v) is 1.86. The molecular formula is C17H18N2O2. The number of carbonyl (C=O) groups is 1. The molecule has 4 heteroatoms. The lowest BCUT2D eigenvalue weighted by Crippen LogP contribution is -2.18. The predicted molar refractivity (Wildman–Crippen MR) is 83.8 cm³/mol. The Labute approximate surface area is 124 Å². The van der Waals surface area contributed by atoms with E-state index in [0.29, 0.717) is 11.3 Å². The summed E-state index contributed by atoms with van der Waals surface area (Å²) in [5.41, 5.74) is 4.22. The van der Waals surface area contributed by atoms with Gasteiger partial charge in [-0.1, -0.05) is 37.3 Å². The number of nitrogens with one attached hydrogen (secondary N) is 1. The topological polar surface area (TPSA) is 50.7 Å². The van der Waals surface area contributed by atoms with E-state index in [2.05, 4.69) is 10.5 Å². The van der Waals surface area contributed by atoms with Crippen LogP contribution in [0.5, 0.6) is 5.75 Å². The van der Waals surface area contributed by atoms with Gasteiger partial charge in [0, 0.05) is 17.7 Å². The summed E-state index contributed by atoms with van der Waals surface area (Å²) in [5.74, 6) is 0.615. The molecule has 1 atom stereocenters. The van der Waals surface area contributed by atoms with Gasteiger partial charge in [-0.3, -0.25) is 4.79 Å². The maximum absolute atomic E-state index is 11.9. The lowest BCUT2D eigenvalue weighted by atomic mass is 10.0. The molecule has 108 valence electrons. The maximum atomic E-state index is 11.9. The van der Waals surface area contributed by atoms with Crippen LogP contribution in [0.25, 0.3) is 0 Å². The molecule has 4 nitrogen and oxygen atoms in total. The van der Waals surface area contributed by atoms with Crippen LogP contribution in [-0.4, -0.2) is 19.2 Å². The van der Waals surface area contributed by atoms with E-state index in [1.807, 2.05) is 37.3 Å². The van der Waals surface area contributed by atoms with Crippen molar-refractivity contribution in [3.05, 3.63) is 65.7 Å². The summed E-state index contributed by atoms with van der Waals surface area (Å²) in [7, 11) is 1.59. The standard InChI is InChI=1S/C17H18N2O2/c1-13(14-6-4-3-5-7-14)12-18-19-17(20)15-8-10-16(21-2)11-9-15/h3-13H,1-2H3,(H,19,20). The van der Waals surface area contributed by atoms with Crippen molar-refractivity contribution in [1.29, 1.82) is 0 Å². The van der Waals surface area contributed by atoms with Crippen LogP contribution < -0.4 is 10.2 Å². The first-order chi connectivity index (χ1) is 10.2. The molecule has 1 amide bonds. The molecule has 2 aromatic carbocycles.